The van der Waals surface area contributed by atoms with Crippen molar-refractivity contribution in [2.24, 2.45) is 0 Å². The second-order valence-corrected chi connectivity index (χ2v) is 9.73. The van der Waals surface area contributed by atoms with E-state index >= 15 is 0 Å². The fraction of sp³-hybridized carbons (Fsp3) is 0.522. The standard InChI is InChI=1S/C23H25ClF2N4O5/c1-23(5-6-23)17-8-11(35-28-17)7-15-22(33-2)20(21(32)16(10-31)34-15)30-9-14(27-29-30)12-3-4-13(24)19(26)18(12)25/h3-4,8-9,15-16,20-22,31-32H,5-7,10H2,1-2H3/t15-,16-,20+,21+,22+/m1/s1. The molecule has 2 N–H and O–H groups in total. The Bertz CT molecular complexity index is 1220. The van der Waals surface area contributed by atoms with Crippen molar-refractivity contribution in [3.8, 4) is 11.3 Å². The van der Waals surface area contributed by atoms with Gasteiger partial charge in [0.1, 0.15) is 35.8 Å². The first-order valence-corrected chi connectivity index (χ1v) is 11.6. The van der Waals surface area contributed by atoms with Gasteiger partial charge in [-0.25, -0.2) is 13.5 Å². The second kappa shape index (κ2) is 9.21. The van der Waals surface area contributed by atoms with Crippen LogP contribution in [0, 0.1) is 11.6 Å². The number of halogens is 3. The van der Waals surface area contributed by atoms with Crippen molar-refractivity contribution in [1.29, 1.82) is 0 Å². The minimum atomic E-state index is -1.22. The Hall–Kier alpha value is -2.44. The van der Waals surface area contributed by atoms with E-state index in [1.54, 1.807) is 0 Å². The molecule has 5 atom stereocenters. The highest BCUT2D eigenvalue weighted by Gasteiger charge is 2.48. The lowest BCUT2D eigenvalue weighted by Gasteiger charge is -2.43. The number of aliphatic hydroxyl groups is 2. The molecule has 9 nitrogen and oxygen atoms in total. The van der Waals surface area contributed by atoms with Gasteiger partial charge in [0.05, 0.1) is 29.6 Å². The molecule has 1 aromatic carbocycles. The van der Waals surface area contributed by atoms with Crippen molar-refractivity contribution in [1.82, 2.24) is 20.2 Å². The molecule has 1 aliphatic heterocycles. The predicted molar refractivity (Wildman–Crippen MR) is 119 cm³/mol. The summed E-state index contributed by atoms with van der Waals surface area (Å²) in [5.74, 6) is -1.76. The largest absolute Gasteiger partial charge is 0.394 e. The third-order valence-electron chi connectivity index (χ3n) is 6.94. The molecule has 2 aliphatic rings. The molecule has 1 aliphatic carbocycles. The molecule has 0 radical (unpaired) electrons. The van der Waals surface area contributed by atoms with Crippen LogP contribution in [0.5, 0.6) is 0 Å². The summed E-state index contributed by atoms with van der Waals surface area (Å²) >= 11 is 5.65. The highest BCUT2D eigenvalue weighted by Crippen LogP contribution is 2.47. The predicted octanol–water partition coefficient (Wildman–Crippen LogP) is 2.84. The van der Waals surface area contributed by atoms with Crippen molar-refractivity contribution in [2.45, 2.75) is 62.1 Å². The maximum Gasteiger partial charge on any atom is 0.178 e. The molecule has 2 fully saturated rings. The lowest BCUT2D eigenvalue weighted by atomic mass is 9.90. The molecule has 0 spiro atoms. The molecule has 0 bridgehead atoms. The summed E-state index contributed by atoms with van der Waals surface area (Å²) in [6.07, 6.45) is 0.216. The molecule has 5 rings (SSSR count). The number of methoxy groups -OCH3 is 1. The minimum absolute atomic E-state index is 0.0374. The summed E-state index contributed by atoms with van der Waals surface area (Å²) in [4.78, 5) is 0. The van der Waals surface area contributed by atoms with Gasteiger partial charge in [-0.3, -0.25) is 0 Å². The highest BCUT2D eigenvalue weighted by atomic mass is 35.5. The Kier molecular flexibility index (Phi) is 6.39. The van der Waals surface area contributed by atoms with Crippen molar-refractivity contribution >= 4 is 11.6 Å². The monoisotopic (exact) mass is 510 g/mol. The molecule has 0 amide bonds. The lowest BCUT2D eigenvalue weighted by Crippen LogP contribution is -2.57. The van der Waals surface area contributed by atoms with Gasteiger partial charge in [-0.05, 0) is 25.0 Å². The van der Waals surface area contributed by atoms with Gasteiger partial charge in [-0.2, -0.15) is 0 Å². The van der Waals surface area contributed by atoms with Gasteiger partial charge in [0, 0.05) is 30.6 Å². The average molecular weight is 511 g/mol. The molecule has 188 valence electrons. The van der Waals surface area contributed by atoms with Crippen LogP contribution >= 0.6 is 11.6 Å². The Balaban J connectivity index is 1.44. The molecular weight excluding hydrogens is 486 g/mol. The van der Waals surface area contributed by atoms with Gasteiger partial charge >= 0.3 is 0 Å². The van der Waals surface area contributed by atoms with Gasteiger partial charge in [0.25, 0.3) is 0 Å². The van der Waals surface area contributed by atoms with Crippen molar-refractivity contribution in [3.63, 3.8) is 0 Å². The van der Waals surface area contributed by atoms with Crippen LogP contribution in [0.4, 0.5) is 8.78 Å². The van der Waals surface area contributed by atoms with E-state index in [-0.39, 0.29) is 28.1 Å². The second-order valence-electron chi connectivity index (χ2n) is 9.33. The van der Waals surface area contributed by atoms with Crippen molar-refractivity contribution < 1.29 is 33.0 Å². The molecule has 3 heterocycles. The lowest BCUT2D eigenvalue weighted by molar-refractivity contribution is -0.212. The van der Waals surface area contributed by atoms with Crippen LogP contribution < -0.4 is 0 Å². The van der Waals surface area contributed by atoms with Crippen LogP contribution in [-0.4, -0.2) is 68.5 Å². The number of benzene rings is 1. The van der Waals surface area contributed by atoms with E-state index in [4.69, 9.17) is 25.6 Å². The van der Waals surface area contributed by atoms with E-state index < -0.39 is 48.7 Å². The quantitative estimate of drug-likeness (QED) is 0.466. The number of rotatable bonds is 7. The van der Waals surface area contributed by atoms with Crippen molar-refractivity contribution in [3.05, 3.63) is 52.5 Å². The Labute approximate surface area is 204 Å². The number of nitrogens with zero attached hydrogens (tertiary/aromatic N) is 4. The minimum Gasteiger partial charge on any atom is -0.394 e. The Morgan fingerprint density at radius 2 is 2.03 bits per heavy atom. The molecule has 1 saturated heterocycles. The summed E-state index contributed by atoms with van der Waals surface area (Å²) < 4.78 is 46.9. The molecular formula is C23H25ClF2N4O5. The van der Waals surface area contributed by atoms with Gasteiger partial charge in [0.2, 0.25) is 0 Å². The fourth-order valence-corrected chi connectivity index (χ4v) is 4.68. The smallest absolute Gasteiger partial charge is 0.178 e. The first-order chi connectivity index (χ1) is 16.8. The number of aromatic nitrogens is 4. The first kappa shape index (κ1) is 24.3. The van der Waals surface area contributed by atoms with Gasteiger partial charge in [0.15, 0.2) is 11.6 Å². The van der Waals surface area contributed by atoms with E-state index in [0.717, 1.165) is 18.5 Å². The molecule has 12 heteroatoms. The fourth-order valence-electron chi connectivity index (χ4n) is 4.54. The number of aliphatic hydroxyl groups excluding tert-OH is 2. The van der Waals surface area contributed by atoms with Crippen LogP contribution in [0.25, 0.3) is 11.3 Å². The SMILES string of the molecule is CO[C@@H]1[C@@H](n2cc(-c3ccc(Cl)c(F)c3F)nn2)[C@@H](O)[C@@H](CO)O[C@@H]1Cc1cc(C2(C)CC2)no1. The Morgan fingerprint density at radius 1 is 1.26 bits per heavy atom. The van der Waals surface area contributed by atoms with E-state index in [9.17, 15) is 19.0 Å². The van der Waals surface area contributed by atoms with Gasteiger partial charge < -0.3 is 24.2 Å². The molecule has 1 saturated carbocycles. The topological polar surface area (TPSA) is 116 Å². The maximum atomic E-state index is 14.5. The summed E-state index contributed by atoms with van der Waals surface area (Å²) in [5.41, 5.74) is 0.828. The van der Waals surface area contributed by atoms with Crippen LogP contribution in [0.1, 0.15) is 37.3 Å². The zero-order valence-corrected chi connectivity index (χ0v) is 19.8. The van der Waals surface area contributed by atoms with Crippen LogP contribution in [0.2, 0.25) is 5.02 Å². The summed E-state index contributed by atoms with van der Waals surface area (Å²) in [7, 11) is 1.46. The zero-order valence-electron chi connectivity index (χ0n) is 19.1. The van der Waals surface area contributed by atoms with E-state index in [0.29, 0.717) is 5.76 Å². The van der Waals surface area contributed by atoms with Gasteiger partial charge in [-0.1, -0.05) is 28.9 Å². The highest BCUT2D eigenvalue weighted by molar-refractivity contribution is 6.30. The normalized spacial score (nSPS) is 27.8. The van der Waals surface area contributed by atoms with Crippen LogP contribution in [0.3, 0.4) is 0 Å². The summed E-state index contributed by atoms with van der Waals surface area (Å²) in [6.45, 7) is 1.67. The van der Waals surface area contributed by atoms with Crippen LogP contribution in [-0.2, 0) is 21.3 Å². The number of ether oxygens (including phenoxy) is 2. The molecule has 2 aromatic heterocycles. The molecule has 0 unspecified atom stereocenters. The summed E-state index contributed by atoms with van der Waals surface area (Å²) in [6, 6.07) is 3.56. The summed E-state index contributed by atoms with van der Waals surface area (Å²) in [5, 5.41) is 32.7. The molecule has 3 aromatic rings. The average Bonchev–Trinajstić information content (AvgIpc) is 3.23. The number of hydrogen-bond donors (Lipinski definition) is 2. The van der Waals surface area contributed by atoms with E-state index in [1.165, 1.54) is 30.1 Å². The van der Waals surface area contributed by atoms with E-state index in [2.05, 4.69) is 22.4 Å². The maximum absolute atomic E-state index is 14.5. The first-order valence-electron chi connectivity index (χ1n) is 11.2. The van der Waals surface area contributed by atoms with Gasteiger partial charge in [-0.15, -0.1) is 5.10 Å². The van der Waals surface area contributed by atoms with Crippen molar-refractivity contribution in [2.75, 3.05) is 13.7 Å². The Morgan fingerprint density at radius 3 is 2.71 bits per heavy atom. The number of hydrogen-bond acceptors (Lipinski definition) is 8. The molecule has 35 heavy (non-hydrogen) atoms. The van der Waals surface area contributed by atoms with Crippen LogP contribution in [0.15, 0.2) is 28.9 Å². The third kappa shape index (κ3) is 4.36. The van der Waals surface area contributed by atoms with E-state index in [1.807, 2.05) is 6.07 Å². The zero-order chi connectivity index (χ0) is 24.9. The third-order valence-corrected chi connectivity index (χ3v) is 7.23.